The molecule has 7 heteroatoms. The number of Topliss-reactive ketones (excluding diaryl/α,β-unsaturated/α-hetero) is 1. The third-order valence-corrected chi connectivity index (χ3v) is 6.01. The zero-order chi connectivity index (χ0) is 22.8. The third kappa shape index (κ3) is 3.93. The average Bonchev–Trinajstić information content (AvgIpc) is 2.78. The smallest absolute Gasteiger partial charge is 0.336 e. The zero-order valence-corrected chi connectivity index (χ0v) is 18.0. The largest absolute Gasteiger partial charge is 0.463 e. The number of hydrogen-bond donors (Lipinski definition) is 1. The van der Waals surface area contributed by atoms with Gasteiger partial charge in [0.25, 0.3) is 5.69 Å². The molecule has 0 aromatic heterocycles. The topological polar surface area (TPSA) is 98.5 Å². The minimum Gasteiger partial charge on any atom is -0.463 e. The highest BCUT2D eigenvalue weighted by Gasteiger charge is 2.41. The lowest BCUT2D eigenvalue weighted by Crippen LogP contribution is -2.36. The van der Waals surface area contributed by atoms with Gasteiger partial charge in [-0.15, -0.1) is 0 Å². The number of rotatable bonds is 5. The number of esters is 1. The molecule has 4 rings (SSSR count). The van der Waals surface area contributed by atoms with Crippen LogP contribution in [0, 0.1) is 10.1 Å². The highest BCUT2D eigenvalue weighted by atomic mass is 16.6. The molecular formula is C25H24N2O5. The van der Waals surface area contributed by atoms with Crippen molar-refractivity contribution in [2.24, 2.45) is 0 Å². The first-order chi connectivity index (χ1) is 15.4. The first-order valence-electron chi connectivity index (χ1n) is 10.6. The van der Waals surface area contributed by atoms with Crippen molar-refractivity contribution in [1.82, 2.24) is 5.32 Å². The summed E-state index contributed by atoms with van der Waals surface area (Å²) in [4.78, 5) is 37.2. The number of benzene rings is 2. The van der Waals surface area contributed by atoms with Crippen LogP contribution in [0.1, 0.15) is 49.7 Å². The Kier molecular flexibility index (Phi) is 5.90. The molecule has 1 heterocycles. The predicted octanol–water partition coefficient (Wildman–Crippen LogP) is 4.52. The van der Waals surface area contributed by atoms with Crippen molar-refractivity contribution in [3.05, 3.63) is 98.4 Å². The van der Waals surface area contributed by atoms with Crippen LogP contribution >= 0.6 is 0 Å². The van der Waals surface area contributed by atoms with Gasteiger partial charge in [-0.05, 0) is 37.3 Å². The Balaban J connectivity index is 1.83. The Morgan fingerprint density at radius 3 is 2.53 bits per heavy atom. The molecule has 2 aromatic carbocycles. The Labute approximate surface area is 185 Å². The van der Waals surface area contributed by atoms with Crippen LogP contribution in [0.25, 0.3) is 0 Å². The summed E-state index contributed by atoms with van der Waals surface area (Å²) in [5, 5.41) is 14.7. The van der Waals surface area contributed by atoms with Gasteiger partial charge >= 0.3 is 5.97 Å². The second kappa shape index (κ2) is 8.78. The fraction of sp³-hybridized carbons (Fsp3) is 0.280. The Morgan fingerprint density at radius 1 is 1.12 bits per heavy atom. The molecule has 7 nitrogen and oxygen atoms in total. The molecule has 32 heavy (non-hydrogen) atoms. The molecule has 164 valence electrons. The summed E-state index contributed by atoms with van der Waals surface area (Å²) in [5.74, 6) is -1.29. The summed E-state index contributed by atoms with van der Waals surface area (Å²) in [5.41, 5.74) is 3.69. The number of non-ortho nitro benzene ring substituents is 1. The normalized spacial score (nSPS) is 20.5. The van der Waals surface area contributed by atoms with Crippen LogP contribution < -0.4 is 5.32 Å². The van der Waals surface area contributed by atoms with Gasteiger partial charge in [-0.3, -0.25) is 14.9 Å². The standard InChI is InChI=1S/C25H24N2O5/c1-3-32-25(29)22-15(2)26-20-13-18(16-8-5-4-6-9-16)14-21(28)24(20)23(22)17-10-7-11-19(12-17)27(30)31/h4-12,18,23,26H,3,13-14H2,1-2H3/t18-,23+/m1/s1. The van der Waals surface area contributed by atoms with Crippen molar-refractivity contribution in [2.75, 3.05) is 6.61 Å². The second-order valence-corrected chi connectivity index (χ2v) is 8.00. The molecular weight excluding hydrogens is 408 g/mol. The fourth-order valence-electron chi connectivity index (χ4n) is 4.63. The van der Waals surface area contributed by atoms with Gasteiger partial charge in [-0.1, -0.05) is 42.5 Å². The first-order valence-corrected chi connectivity index (χ1v) is 10.6. The number of ether oxygens (including phenoxy) is 1. The molecule has 0 unspecified atom stereocenters. The van der Waals surface area contributed by atoms with Crippen LogP contribution in [0.4, 0.5) is 5.69 Å². The quantitative estimate of drug-likeness (QED) is 0.424. The Morgan fingerprint density at radius 2 is 1.84 bits per heavy atom. The Bertz CT molecular complexity index is 1150. The van der Waals surface area contributed by atoms with Gasteiger partial charge < -0.3 is 10.1 Å². The van der Waals surface area contributed by atoms with Gasteiger partial charge in [0.2, 0.25) is 0 Å². The van der Waals surface area contributed by atoms with E-state index in [1.165, 1.54) is 12.1 Å². The van der Waals surface area contributed by atoms with Gasteiger partial charge in [-0.2, -0.15) is 0 Å². The van der Waals surface area contributed by atoms with Crippen molar-refractivity contribution in [3.8, 4) is 0 Å². The molecule has 0 fully saturated rings. The summed E-state index contributed by atoms with van der Waals surface area (Å²) in [6, 6.07) is 16.0. The number of nitrogens with zero attached hydrogens (tertiary/aromatic N) is 1. The van der Waals surface area contributed by atoms with Gasteiger partial charge in [0.15, 0.2) is 5.78 Å². The predicted molar refractivity (Wildman–Crippen MR) is 119 cm³/mol. The lowest BCUT2D eigenvalue weighted by molar-refractivity contribution is -0.384. The number of nitro groups is 1. The van der Waals surface area contributed by atoms with Crippen molar-refractivity contribution >= 4 is 17.4 Å². The number of nitrogens with one attached hydrogen (secondary N) is 1. The molecule has 0 bridgehead atoms. The molecule has 1 N–H and O–H groups in total. The fourth-order valence-corrected chi connectivity index (χ4v) is 4.63. The van der Waals surface area contributed by atoms with E-state index in [4.69, 9.17) is 4.74 Å². The highest BCUT2D eigenvalue weighted by molar-refractivity contribution is 6.04. The van der Waals surface area contributed by atoms with Crippen LogP contribution in [0.5, 0.6) is 0 Å². The lowest BCUT2D eigenvalue weighted by atomic mass is 9.71. The van der Waals surface area contributed by atoms with E-state index in [-0.39, 0.29) is 24.0 Å². The SMILES string of the molecule is CCOC(=O)C1=C(C)NC2=C(C(=O)C[C@H](c3ccccc3)C2)[C@H]1c1cccc([N+](=O)[O-])c1. The minimum absolute atomic E-state index is 0.0256. The molecule has 1 aliphatic carbocycles. The molecule has 0 radical (unpaired) electrons. The second-order valence-electron chi connectivity index (χ2n) is 8.00. The average molecular weight is 432 g/mol. The summed E-state index contributed by atoms with van der Waals surface area (Å²) in [6.07, 6.45) is 0.926. The number of ketones is 1. The maximum absolute atomic E-state index is 13.4. The number of carbonyl (C=O) groups is 2. The van der Waals surface area contributed by atoms with Crippen molar-refractivity contribution < 1.29 is 19.2 Å². The van der Waals surface area contributed by atoms with Gasteiger partial charge in [0.1, 0.15) is 0 Å². The van der Waals surface area contributed by atoms with E-state index >= 15 is 0 Å². The van der Waals surface area contributed by atoms with Crippen LogP contribution in [-0.2, 0) is 14.3 Å². The number of hydrogen-bond acceptors (Lipinski definition) is 6. The first kappa shape index (κ1) is 21.5. The summed E-state index contributed by atoms with van der Waals surface area (Å²) in [6.45, 7) is 3.68. The van der Waals surface area contributed by atoms with Crippen molar-refractivity contribution in [1.29, 1.82) is 0 Å². The van der Waals surface area contributed by atoms with E-state index in [2.05, 4.69) is 5.32 Å². The number of nitro benzene ring substituents is 1. The van der Waals surface area contributed by atoms with Gasteiger partial charge in [0, 0.05) is 41.4 Å². The van der Waals surface area contributed by atoms with Crippen LogP contribution in [0.2, 0.25) is 0 Å². The zero-order valence-electron chi connectivity index (χ0n) is 18.0. The third-order valence-electron chi connectivity index (χ3n) is 6.01. The highest BCUT2D eigenvalue weighted by Crippen LogP contribution is 2.46. The minimum atomic E-state index is -0.713. The van der Waals surface area contributed by atoms with Crippen LogP contribution in [0.3, 0.4) is 0 Å². The van der Waals surface area contributed by atoms with Gasteiger partial charge in [-0.25, -0.2) is 4.79 Å². The molecule has 2 atom stereocenters. The van der Waals surface area contributed by atoms with E-state index in [9.17, 15) is 19.7 Å². The monoisotopic (exact) mass is 432 g/mol. The summed E-state index contributed by atoms with van der Waals surface area (Å²) >= 11 is 0. The van der Waals surface area contributed by atoms with E-state index in [0.29, 0.717) is 35.2 Å². The molecule has 1 aliphatic heterocycles. The van der Waals surface area contributed by atoms with E-state index in [0.717, 1.165) is 11.3 Å². The molecule has 2 aliphatic rings. The van der Waals surface area contributed by atoms with Crippen LogP contribution in [-0.4, -0.2) is 23.3 Å². The van der Waals surface area contributed by atoms with Gasteiger partial charge in [0.05, 0.1) is 17.1 Å². The Hall–Kier alpha value is -3.74. The molecule has 0 saturated heterocycles. The number of dihydropyridines is 1. The molecule has 0 saturated carbocycles. The molecule has 0 spiro atoms. The maximum atomic E-state index is 13.4. The lowest BCUT2D eigenvalue weighted by Gasteiger charge is -2.36. The van der Waals surface area contributed by atoms with Crippen molar-refractivity contribution in [3.63, 3.8) is 0 Å². The number of carbonyl (C=O) groups excluding carboxylic acids is 2. The van der Waals surface area contributed by atoms with E-state index in [1.807, 2.05) is 30.3 Å². The van der Waals surface area contributed by atoms with Crippen molar-refractivity contribution in [2.45, 2.75) is 38.5 Å². The van der Waals surface area contributed by atoms with E-state index < -0.39 is 16.8 Å². The van der Waals surface area contributed by atoms with Crippen LogP contribution in [0.15, 0.2) is 77.1 Å². The maximum Gasteiger partial charge on any atom is 0.336 e. The number of allylic oxidation sites excluding steroid dienone is 3. The summed E-state index contributed by atoms with van der Waals surface area (Å²) < 4.78 is 5.28. The van der Waals surface area contributed by atoms with E-state index in [1.54, 1.807) is 26.0 Å². The molecule has 0 amide bonds. The summed E-state index contributed by atoms with van der Waals surface area (Å²) in [7, 11) is 0. The molecule has 2 aromatic rings.